The fourth-order valence-corrected chi connectivity index (χ4v) is 4.17. The highest BCUT2D eigenvalue weighted by atomic mass is 16.5. The zero-order chi connectivity index (χ0) is 19.5. The van der Waals surface area contributed by atoms with Gasteiger partial charge in [0.05, 0.1) is 18.3 Å². The molecule has 1 N–H and O–H groups in total. The average molecular weight is 377 g/mol. The molecule has 3 aromatic rings. The van der Waals surface area contributed by atoms with Crippen LogP contribution in [0.2, 0.25) is 0 Å². The first-order valence-corrected chi connectivity index (χ1v) is 10.1. The third kappa shape index (κ3) is 3.75. The number of fused-ring (bicyclic) bond motifs is 1. The second kappa shape index (κ2) is 8.05. The van der Waals surface area contributed by atoms with E-state index in [-0.39, 0.29) is 11.9 Å². The average Bonchev–Trinajstić information content (AvgIpc) is 2.98. The van der Waals surface area contributed by atoms with Crippen molar-refractivity contribution in [2.75, 3.05) is 6.61 Å². The predicted octanol–water partition coefficient (Wildman–Crippen LogP) is 4.46. The predicted molar refractivity (Wildman–Crippen MR) is 110 cm³/mol. The molecule has 4 rings (SSSR count). The number of carbonyl (C=O) groups excluding carboxylic acids is 1. The lowest BCUT2D eigenvalue weighted by Gasteiger charge is -2.23. The summed E-state index contributed by atoms with van der Waals surface area (Å²) in [5, 5.41) is 10.2. The zero-order valence-electron chi connectivity index (χ0n) is 16.6. The molecule has 5 nitrogen and oxygen atoms in total. The summed E-state index contributed by atoms with van der Waals surface area (Å²) in [5.74, 6) is 1.07. The molecular formula is C23H27N3O2. The van der Waals surface area contributed by atoms with E-state index in [1.165, 1.54) is 10.9 Å². The highest BCUT2D eigenvalue weighted by Crippen LogP contribution is 2.29. The fourth-order valence-electron chi connectivity index (χ4n) is 4.17. The van der Waals surface area contributed by atoms with Crippen LogP contribution in [-0.2, 0) is 11.3 Å². The van der Waals surface area contributed by atoms with E-state index in [1.54, 1.807) is 0 Å². The van der Waals surface area contributed by atoms with Crippen LogP contribution >= 0.6 is 0 Å². The minimum atomic E-state index is 0.0990. The van der Waals surface area contributed by atoms with Crippen molar-refractivity contribution in [1.29, 1.82) is 0 Å². The van der Waals surface area contributed by atoms with Crippen molar-refractivity contribution >= 4 is 16.7 Å². The molecule has 2 heterocycles. The molecule has 1 unspecified atom stereocenters. The summed E-state index contributed by atoms with van der Waals surface area (Å²) in [7, 11) is 0. The minimum Gasteiger partial charge on any atom is -0.493 e. The van der Waals surface area contributed by atoms with Gasteiger partial charge in [0.25, 0.3) is 0 Å². The summed E-state index contributed by atoms with van der Waals surface area (Å²) in [4.78, 5) is 11.8. The van der Waals surface area contributed by atoms with Gasteiger partial charge in [0.2, 0.25) is 5.91 Å². The van der Waals surface area contributed by atoms with Gasteiger partial charge in [-0.05, 0) is 38.1 Å². The van der Waals surface area contributed by atoms with Gasteiger partial charge in [0.15, 0.2) is 0 Å². The van der Waals surface area contributed by atoms with Crippen LogP contribution in [0.3, 0.4) is 0 Å². The highest BCUT2D eigenvalue weighted by molar-refractivity contribution is 5.88. The molecule has 0 radical (unpaired) electrons. The van der Waals surface area contributed by atoms with Crippen molar-refractivity contribution in [3.8, 4) is 5.75 Å². The number of nitrogens with zero attached hydrogens (tertiary/aromatic N) is 2. The van der Waals surface area contributed by atoms with Gasteiger partial charge in [-0.15, -0.1) is 0 Å². The van der Waals surface area contributed by atoms with Gasteiger partial charge in [0, 0.05) is 36.0 Å². The number of rotatable bonds is 6. The number of hydrogen-bond donors (Lipinski definition) is 1. The number of aromatic nitrogens is 2. The summed E-state index contributed by atoms with van der Waals surface area (Å²) in [6, 6.07) is 14.5. The van der Waals surface area contributed by atoms with Crippen LogP contribution in [0.15, 0.2) is 42.5 Å². The van der Waals surface area contributed by atoms with Crippen LogP contribution in [0.4, 0.5) is 0 Å². The molecule has 0 bridgehead atoms. The van der Waals surface area contributed by atoms with Gasteiger partial charge in [-0.1, -0.05) is 36.4 Å². The second-order valence-electron chi connectivity index (χ2n) is 7.50. The maximum atomic E-state index is 11.8. The van der Waals surface area contributed by atoms with Crippen LogP contribution < -0.4 is 10.1 Å². The molecule has 0 spiro atoms. The van der Waals surface area contributed by atoms with Crippen molar-refractivity contribution in [3.05, 3.63) is 59.4 Å². The van der Waals surface area contributed by atoms with Gasteiger partial charge in [-0.3, -0.25) is 9.48 Å². The molecule has 0 saturated carbocycles. The van der Waals surface area contributed by atoms with Gasteiger partial charge < -0.3 is 10.1 Å². The largest absolute Gasteiger partial charge is 0.493 e. The Hall–Kier alpha value is -2.82. The first-order chi connectivity index (χ1) is 13.6. The molecule has 2 aromatic carbocycles. The first-order valence-electron chi connectivity index (χ1n) is 10.1. The van der Waals surface area contributed by atoms with Crippen molar-refractivity contribution in [2.24, 2.45) is 0 Å². The number of nitrogens with one attached hydrogen (secondary N) is 1. The Bertz CT molecular complexity index is 987. The van der Waals surface area contributed by atoms with E-state index in [2.05, 4.69) is 35.1 Å². The van der Waals surface area contributed by atoms with E-state index < -0.39 is 0 Å². The van der Waals surface area contributed by atoms with Gasteiger partial charge >= 0.3 is 0 Å². The first kappa shape index (κ1) is 18.5. The number of benzene rings is 2. The Balaban J connectivity index is 1.39. The van der Waals surface area contributed by atoms with Crippen LogP contribution in [0.25, 0.3) is 10.8 Å². The smallest absolute Gasteiger partial charge is 0.220 e. The summed E-state index contributed by atoms with van der Waals surface area (Å²) < 4.78 is 8.10. The molecular weight excluding hydrogens is 350 g/mol. The zero-order valence-corrected chi connectivity index (χ0v) is 16.6. The lowest BCUT2D eigenvalue weighted by atomic mass is 9.96. The van der Waals surface area contributed by atoms with Crippen molar-refractivity contribution in [1.82, 2.24) is 15.1 Å². The maximum absolute atomic E-state index is 11.8. The number of piperidine rings is 1. The number of amides is 1. The Morgan fingerprint density at radius 1 is 1.18 bits per heavy atom. The molecule has 0 aliphatic carbocycles. The van der Waals surface area contributed by atoms with E-state index in [1.807, 2.05) is 31.2 Å². The van der Waals surface area contributed by atoms with E-state index in [9.17, 15) is 4.79 Å². The molecule has 1 aromatic heterocycles. The lowest BCUT2D eigenvalue weighted by Crippen LogP contribution is -2.33. The molecule has 1 saturated heterocycles. The molecule has 1 amide bonds. The summed E-state index contributed by atoms with van der Waals surface area (Å²) in [5.41, 5.74) is 3.34. The van der Waals surface area contributed by atoms with Crippen LogP contribution in [0.5, 0.6) is 5.75 Å². The molecule has 1 aliphatic heterocycles. The Labute approximate surface area is 165 Å². The van der Waals surface area contributed by atoms with E-state index in [4.69, 9.17) is 9.84 Å². The van der Waals surface area contributed by atoms with Gasteiger partial charge in [0.1, 0.15) is 5.75 Å². The van der Waals surface area contributed by atoms with Crippen molar-refractivity contribution in [2.45, 2.75) is 52.1 Å². The third-order valence-electron chi connectivity index (χ3n) is 5.54. The molecule has 146 valence electrons. The monoisotopic (exact) mass is 377 g/mol. The molecule has 28 heavy (non-hydrogen) atoms. The third-order valence-corrected chi connectivity index (χ3v) is 5.54. The number of ether oxygens (including phenoxy) is 1. The highest BCUT2D eigenvalue weighted by Gasteiger charge is 2.25. The quantitative estimate of drug-likeness (QED) is 0.645. The second-order valence-corrected chi connectivity index (χ2v) is 7.50. The van der Waals surface area contributed by atoms with E-state index in [0.29, 0.717) is 13.0 Å². The lowest BCUT2D eigenvalue weighted by molar-refractivity contribution is -0.123. The fraction of sp³-hybridized carbons (Fsp3) is 0.391. The summed E-state index contributed by atoms with van der Waals surface area (Å²) in [6.45, 7) is 5.58. The SMILES string of the molecule is Cc1nn(CCCOc2cccc3ccccc23)c(C)c1C1CCCC(=O)N1. The number of hydrogen-bond acceptors (Lipinski definition) is 3. The van der Waals surface area contributed by atoms with E-state index in [0.717, 1.165) is 48.3 Å². The Kier molecular flexibility index (Phi) is 5.33. The number of carbonyl (C=O) groups is 1. The van der Waals surface area contributed by atoms with E-state index >= 15 is 0 Å². The molecule has 1 aliphatic rings. The summed E-state index contributed by atoms with van der Waals surface area (Å²) >= 11 is 0. The van der Waals surface area contributed by atoms with Crippen LogP contribution in [0.1, 0.15) is 48.7 Å². The number of aryl methyl sites for hydroxylation is 2. The Morgan fingerprint density at radius 2 is 2.00 bits per heavy atom. The molecule has 1 fully saturated rings. The normalized spacial score (nSPS) is 16.9. The van der Waals surface area contributed by atoms with Crippen molar-refractivity contribution < 1.29 is 9.53 Å². The topological polar surface area (TPSA) is 56.2 Å². The van der Waals surface area contributed by atoms with Crippen LogP contribution in [0, 0.1) is 13.8 Å². The minimum absolute atomic E-state index is 0.0990. The van der Waals surface area contributed by atoms with Crippen LogP contribution in [-0.4, -0.2) is 22.3 Å². The van der Waals surface area contributed by atoms with Crippen molar-refractivity contribution in [3.63, 3.8) is 0 Å². The maximum Gasteiger partial charge on any atom is 0.220 e. The summed E-state index contributed by atoms with van der Waals surface area (Å²) in [6.07, 6.45) is 3.44. The van der Waals surface area contributed by atoms with Gasteiger partial charge in [-0.2, -0.15) is 5.10 Å². The standard InChI is InChI=1S/C23H27N3O2/c1-16-23(20-11-6-13-22(27)24-20)17(2)26(25-16)14-7-15-28-21-12-5-9-18-8-3-4-10-19(18)21/h3-5,8-10,12,20H,6-7,11,13-15H2,1-2H3,(H,24,27). The molecule has 1 atom stereocenters. The van der Waals surface area contributed by atoms with Gasteiger partial charge in [-0.25, -0.2) is 0 Å². The molecule has 5 heteroatoms. The Morgan fingerprint density at radius 3 is 2.86 bits per heavy atom.